The predicted molar refractivity (Wildman–Crippen MR) is 119 cm³/mol. The molecule has 0 spiro atoms. The second-order valence-electron chi connectivity index (χ2n) is 7.32. The van der Waals surface area contributed by atoms with Gasteiger partial charge < -0.3 is 9.72 Å². The van der Waals surface area contributed by atoms with Crippen LogP contribution in [-0.4, -0.2) is 33.1 Å². The molecule has 0 amide bonds. The highest BCUT2D eigenvalue weighted by molar-refractivity contribution is 6.10. The number of aromatic nitrogens is 3. The van der Waals surface area contributed by atoms with Gasteiger partial charge in [-0.05, 0) is 24.5 Å². The number of aromatic amines is 1. The molecule has 7 nitrogen and oxygen atoms in total. The normalized spacial score (nSPS) is 11.2. The van der Waals surface area contributed by atoms with E-state index in [0.717, 1.165) is 22.9 Å². The van der Waals surface area contributed by atoms with E-state index in [1.54, 1.807) is 30.5 Å². The van der Waals surface area contributed by atoms with Crippen LogP contribution in [0.4, 0.5) is 0 Å². The Morgan fingerprint density at radius 3 is 2.52 bits per heavy atom. The monoisotopic (exact) mass is 417 g/mol. The summed E-state index contributed by atoms with van der Waals surface area (Å²) in [6.07, 6.45) is 3.18. The molecule has 0 fully saturated rings. The van der Waals surface area contributed by atoms with Gasteiger partial charge in [-0.25, -0.2) is 9.48 Å². The predicted octanol–water partition coefficient (Wildman–Crippen LogP) is 3.89. The molecule has 0 unspecified atom stereocenters. The first-order valence-electron chi connectivity index (χ1n) is 10.3. The molecule has 0 radical (unpaired) electrons. The van der Waals surface area contributed by atoms with Gasteiger partial charge in [-0.15, -0.1) is 0 Å². The smallest absolute Gasteiger partial charge is 0.359 e. The molecule has 31 heavy (non-hydrogen) atoms. The minimum atomic E-state index is -0.733. The molecular formula is C24H23N3O4. The maximum absolute atomic E-state index is 12.8. The first-order chi connectivity index (χ1) is 15.0. The number of carbonyl (C=O) groups is 2. The van der Waals surface area contributed by atoms with Gasteiger partial charge in [0.2, 0.25) is 5.78 Å². The van der Waals surface area contributed by atoms with Crippen LogP contribution in [0.2, 0.25) is 0 Å². The van der Waals surface area contributed by atoms with Gasteiger partial charge in [0.1, 0.15) is 0 Å². The van der Waals surface area contributed by atoms with Crippen molar-refractivity contribution in [2.24, 2.45) is 0 Å². The zero-order chi connectivity index (χ0) is 22.0. The molecule has 2 heterocycles. The number of rotatable bonds is 7. The number of nitrogens with zero attached hydrogens (tertiary/aromatic N) is 2. The molecule has 0 aliphatic carbocycles. The van der Waals surface area contributed by atoms with Gasteiger partial charge in [-0.1, -0.05) is 50.2 Å². The molecule has 0 saturated heterocycles. The Hall–Kier alpha value is -3.74. The molecule has 0 bridgehead atoms. The van der Waals surface area contributed by atoms with E-state index < -0.39 is 12.6 Å². The number of ketones is 1. The first kappa shape index (κ1) is 20.5. The highest BCUT2D eigenvalue weighted by Gasteiger charge is 2.20. The number of fused-ring (bicyclic) bond motifs is 2. The third-order valence-corrected chi connectivity index (χ3v) is 5.31. The third-order valence-electron chi connectivity index (χ3n) is 5.31. The van der Waals surface area contributed by atoms with Gasteiger partial charge >= 0.3 is 5.97 Å². The summed E-state index contributed by atoms with van der Waals surface area (Å²) in [4.78, 5) is 41.3. The number of hydrogen-bond donors (Lipinski definition) is 1. The van der Waals surface area contributed by atoms with Gasteiger partial charge in [0, 0.05) is 34.6 Å². The summed E-state index contributed by atoms with van der Waals surface area (Å²) in [6, 6.07) is 12.6. The fourth-order valence-electron chi connectivity index (χ4n) is 3.77. The summed E-state index contributed by atoms with van der Waals surface area (Å²) in [5.74, 6) is -1.04. The lowest BCUT2D eigenvalue weighted by Crippen LogP contribution is -2.27. The molecule has 4 aromatic rings. The molecule has 2 aromatic carbocycles. The number of Topliss-reactive ketones (excluding diaryl/α,β-unsaturated/α-hetero) is 1. The zero-order valence-corrected chi connectivity index (χ0v) is 17.5. The van der Waals surface area contributed by atoms with Crippen molar-refractivity contribution < 1.29 is 14.3 Å². The number of ether oxygens (including phenoxy) is 1. The van der Waals surface area contributed by atoms with Gasteiger partial charge in [0.05, 0.1) is 5.39 Å². The van der Waals surface area contributed by atoms with E-state index >= 15 is 0 Å². The Bertz CT molecular complexity index is 1350. The van der Waals surface area contributed by atoms with Crippen LogP contribution >= 0.6 is 0 Å². The lowest BCUT2D eigenvalue weighted by Gasteiger charge is -2.10. The molecule has 7 heteroatoms. The Kier molecular flexibility index (Phi) is 5.66. The average Bonchev–Trinajstić information content (AvgIpc) is 3.23. The van der Waals surface area contributed by atoms with E-state index in [2.05, 4.69) is 10.1 Å². The van der Waals surface area contributed by atoms with Crippen LogP contribution in [0, 0.1) is 0 Å². The van der Waals surface area contributed by atoms with E-state index in [0.29, 0.717) is 29.3 Å². The van der Waals surface area contributed by atoms with E-state index in [1.807, 2.05) is 32.0 Å². The quantitative estimate of drug-likeness (QED) is 0.364. The number of benzene rings is 2. The topological polar surface area (TPSA) is 94.1 Å². The van der Waals surface area contributed by atoms with E-state index in [9.17, 15) is 14.4 Å². The number of H-pyrrole nitrogens is 1. The summed E-state index contributed by atoms with van der Waals surface area (Å²) < 4.78 is 6.59. The first-order valence-corrected chi connectivity index (χ1v) is 10.3. The molecule has 0 atom stereocenters. The lowest BCUT2D eigenvalue weighted by molar-refractivity contribution is 0.0469. The van der Waals surface area contributed by atoms with E-state index in [4.69, 9.17) is 4.74 Å². The summed E-state index contributed by atoms with van der Waals surface area (Å²) >= 11 is 0. The maximum Gasteiger partial charge on any atom is 0.359 e. The maximum atomic E-state index is 12.8. The van der Waals surface area contributed by atoms with Gasteiger partial charge in [-0.2, -0.15) is 5.10 Å². The highest BCUT2D eigenvalue weighted by atomic mass is 16.5. The van der Waals surface area contributed by atoms with Crippen LogP contribution in [-0.2, 0) is 17.7 Å². The number of esters is 1. The number of aryl methyl sites for hydroxylation is 2. The second kappa shape index (κ2) is 8.55. The molecular weight excluding hydrogens is 394 g/mol. The summed E-state index contributed by atoms with van der Waals surface area (Å²) in [5, 5.41) is 5.83. The fourth-order valence-corrected chi connectivity index (χ4v) is 3.77. The van der Waals surface area contributed by atoms with Crippen molar-refractivity contribution in [3.63, 3.8) is 0 Å². The molecule has 2 aromatic heterocycles. The van der Waals surface area contributed by atoms with Crippen LogP contribution in [0.1, 0.15) is 46.7 Å². The van der Waals surface area contributed by atoms with Crippen LogP contribution in [0.15, 0.2) is 53.5 Å². The number of nitrogens with one attached hydrogen (secondary N) is 1. The SMILES string of the molecule is CCCn1nc(C(=O)OCC(=O)c2c[nH]c3c(CC)cccc23)c2ccccc2c1=O. The minimum Gasteiger partial charge on any atom is -0.452 e. The van der Waals surface area contributed by atoms with Gasteiger partial charge in [0.15, 0.2) is 12.3 Å². The molecule has 0 aliphatic rings. The van der Waals surface area contributed by atoms with Crippen LogP contribution in [0.5, 0.6) is 0 Å². The molecule has 0 aliphatic heterocycles. The van der Waals surface area contributed by atoms with Gasteiger partial charge in [0.25, 0.3) is 5.56 Å². The van der Waals surface area contributed by atoms with E-state index in [1.165, 1.54) is 4.68 Å². The van der Waals surface area contributed by atoms with E-state index in [-0.39, 0.29) is 17.0 Å². The Morgan fingerprint density at radius 1 is 1.03 bits per heavy atom. The molecule has 158 valence electrons. The Labute approximate surface area is 178 Å². The standard InChI is InChI=1S/C24H23N3O4/c1-3-12-27-23(29)18-10-6-5-9-16(18)22(26-27)24(30)31-14-20(28)19-13-25-21-15(4-2)8-7-11-17(19)21/h5-11,13,25H,3-4,12,14H2,1-2H3. The van der Waals surface area contributed by atoms with Crippen LogP contribution in [0.3, 0.4) is 0 Å². The zero-order valence-electron chi connectivity index (χ0n) is 17.5. The summed E-state index contributed by atoms with van der Waals surface area (Å²) in [6.45, 7) is 3.95. The third kappa shape index (κ3) is 3.74. The number of carbonyl (C=O) groups excluding carboxylic acids is 2. The van der Waals surface area contributed by atoms with Gasteiger partial charge in [-0.3, -0.25) is 9.59 Å². The highest BCUT2D eigenvalue weighted by Crippen LogP contribution is 2.23. The average molecular weight is 417 g/mol. The number of para-hydroxylation sites is 1. The van der Waals surface area contributed by atoms with Crippen molar-refractivity contribution in [1.29, 1.82) is 0 Å². The van der Waals surface area contributed by atoms with Crippen molar-refractivity contribution in [2.45, 2.75) is 33.2 Å². The minimum absolute atomic E-state index is 0.0312. The summed E-state index contributed by atoms with van der Waals surface area (Å²) in [7, 11) is 0. The molecule has 0 saturated carbocycles. The van der Waals surface area contributed by atoms with Crippen LogP contribution in [0.25, 0.3) is 21.7 Å². The van der Waals surface area contributed by atoms with Crippen molar-refractivity contribution in [3.8, 4) is 0 Å². The van der Waals surface area contributed by atoms with Crippen molar-refractivity contribution >= 4 is 33.4 Å². The number of hydrogen-bond acceptors (Lipinski definition) is 5. The van der Waals surface area contributed by atoms with Crippen molar-refractivity contribution in [2.75, 3.05) is 6.61 Å². The largest absolute Gasteiger partial charge is 0.452 e. The second-order valence-corrected chi connectivity index (χ2v) is 7.32. The fraction of sp³-hybridized carbons (Fsp3) is 0.250. The summed E-state index contributed by atoms with van der Waals surface area (Å²) in [5.41, 5.74) is 2.28. The molecule has 1 N–H and O–H groups in total. The Morgan fingerprint density at radius 2 is 1.77 bits per heavy atom. The molecule has 4 rings (SSSR count). The van der Waals surface area contributed by atoms with Crippen molar-refractivity contribution in [3.05, 3.63) is 75.8 Å². The van der Waals surface area contributed by atoms with Crippen molar-refractivity contribution in [1.82, 2.24) is 14.8 Å². The Balaban J connectivity index is 1.61. The van der Waals surface area contributed by atoms with Crippen LogP contribution < -0.4 is 5.56 Å². The lowest BCUT2D eigenvalue weighted by atomic mass is 10.1.